The summed E-state index contributed by atoms with van der Waals surface area (Å²) in [5, 5.41) is 12.9. The van der Waals surface area contributed by atoms with E-state index in [4.69, 9.17) is 0 Å². The first-order valence-electron chi connectivity index (χ1n) is 11.0. The SMILES string of the molecule is CNS(=O)(=O)c1ccc(CC2CCCCC2)c(-c2nnn(C3CCN(S(C)(=O)=O)C3)n2)c1. The monoisotopic (exact) mass is 482 g/mol. The van der Waals surface area contributed by atoms with Crippen molar-refractivity contribution in [1.29, 1.82) is 0 Å². The number of tetrazole rings is 1. The third-order valence-electron chi connectivity index (χ3n) is 6.48. The van der Waals surface area contributed by atoms with Crippen LogP contribution in [0, 0.1) is 5.92 Å². The van der Waals surface area contributed by atoms with Crippen LogP contribution in [0.25, 0.3) is 11.4 Å². The highest BCUT2D eigenvalue weighted by atomic mass is 32.2. The minimum absolute atomic E-state index is 0.155. The Labute approximate surface area is 189 Å². The van der Waals surface area contributed by atoms with Crippen LogP contribution in [0.15, 0.2) is 23.1 Å². The van der Waals surface area contributed by atoms with Crippen LogP contribution < -0.4 is 4.72 Å². The molecule has 176 valence electrons. The van der Waals surface area contributed by atoms with Crippen molar-refractivity contribution >= 4 is 20.0 Å². The molecule has 1 aliphatic carbocycles. The van der Waals surface area contributed by atoms with E-state index in [2.05, 4.69) is 20.1 Å². The second kappa shape index (κ2) is 9.16. The standard InChI is InChI=1S/C20H30N6O4S2/c1-21-32(29,30)18-9-8-16(12-15-6-4-3-5-7-15)19(13-18)20-22-24-26(23-20)17-10-11-25(14-17)31(2,27)28/h8-9,13,15,17,21H,3-7,10-12,14H2,1-2H3. The smallest absolute Gasteiger partial charge is 0.214 e. The van der Waals surface area contributed by atoms with E-state index < -0.39 is 20.0 Å². The maximum absolute atomic E-state index is 12.4. The van der Waals surface area contributed by atoms with E-state index in [0.717, 1.165) is 12.0 Å². The summed E-state index contributed by atoms with van der Waals surface area (Å²) in [6.45, 7) is 0.723. The molecule has 2 fully saturated rings. The zero-order chi connectivity index (χ0) is 22.9. The van der Waals surface area contributed by atoms with Gasteiger partial charge in [-0.25, -0.2) is 21.6 Å². The Morgan fingerprint density at radius 1 is 1.09 bits per heavy atom. The molecule has 1 aromatic carbocycles. The lowest BCUT2D eigenvalue weighted by molar-refractivity contribution is 0.357. The number of hydrogen-bond donors (Lipinski definition) is 1. The predicted octanol–water partition coefficient (Wildman–Crippen LogP) is 1.58. The third kappa shape index (κ3) is 5.03. The van der Waals surface area contributed by atoms with Crippen molar-refractivity contribution in [2.24, 2.45) is 5.92 Å². The minimum Gasteiger partial charge on any atom is -0.214 e. The maximum Gasteiger partial charge on any atom is 0.240 e. The number of nitrogens with zero attached hydrogens (tertiary/aromatic N) is 5. The van der Waals surface area contributed by atoms with Gasteiger partial charge in [0.15, 0.2) is 0 Å². The fraction of sp³-hybridized carbons (Fsp3) is 0.650. The Bertz CT molecular complexity index is 1170. The van der Waals surface area contributed by atoms with E-state index in [9.17, 15) is 16.8 Å². The van der Waals surface area contributed by atoms with Gasteiger partial charge in [-0.05, 0) is 48.7 Å². The molecule has 2 aliphatic rings. The molecule has 1 aromatic heterocycles. The molecule has 32 heavy (non-hydrogen) atoms. The van der Waals surface area contributed by atoms with Crippen LogP contribution in [0.4, 0.5) is 0 Å². The number of nitrogens with one attached hydrogen (secondary N) is 1. The molecule has 10 nitrogen and oxygen atoms in total. The van der Waals surface area contributed by atoms with Crippen LogP contribution in [-0.2, 0) is 26.5 Å². The number of aromatic nitrogens is 4. The van der Waals surface area contributed by atoms with Gasteiger partial charge in [0, 0.05) is 18.7 Å². The lowest BCUT2D eigenvalue weighted by Crippen LogP contribution is -2.28. The molecule has 0 bridgehead atoms. The van der Waals surface area contributed by atoms with Crippen LogP contribution in [-0.4, -0.2) is 67.7 Å². The first-order chi connectivity index (χ1) is 15.2. The summed E-state index contributed by atoms with van der Waals surface area (Å²) in [6.07, 6.45) is 8.68. The molecule has 1 atom stereocenters. The largest absolute Gasteiger partial charge is 0.240 e. The molecule has 1 aliphatic heterocycles. The molecule has 4 rings (SSSR count). The topological polar surface area (TPSA) is 127 Å². The van der Waals surface area contributed by atoms with Crippen molar-refractivity contribution in [3.05, 3.63) is 23.8 Å². The van der Waals surface area contributed by atoms with Gasteiger partial charge in [-0.1, -0.05) is 38.2 Å². The van der Waals surface area contributed by atoms with E-state index in [1.165, 1.54) is 54.5 Å². The molecule has 0 amide bonds. The molecule has 1 N–H and O–H groups in total. The van der Waals surface area contributed by atoms with Crippen molar-refractivity contribution in [3.8, 4) is 11.4 Å². The van der Waals surface area contributed by atoms with Gasteiger partial charge in [0.25, 0.3) is 0 Å². The Hall–Kier alpha value is -1.89. The zero-order valence-corrected chi connectivity index (χ0v) is 20.1. The Morgan fingerprint density at radius 3 is 2.50 bits per heavy atom. The number of hydrogen-bond acceptors (Lipinski definition) is 7. The zero-order valence-electron chi connectivity index (χ0n) is 18.4. The lowest BCUT2D eigenvalue weighted by atomic mass is 9.84. The first kappa shape index (κ1) is 23.3. The van der Waals surface area contributed by atoms with Gasteiger partial charge >= 0.3 is 0 Å². The molecular formula is C20H30N6O4S2. The van der Waals surface area contributed by atoms with Crippen LogP contribution in [0.2, 0.25) is 0 Å². The van der Waals surface area contributed by atoms with Gasteiger partial charge in [-0.15, -0.1) is 10.2 Å². The van der Waals surface area contributed by atoms with E-state index in [-0.39, 0.29) is 10.9 Å². The van der Waals surface area contributed by atoms with Crippen molar-refractivity contribution in [3.63, 3.8) is 0 Å². The van der Waals surface area contributed by atoms with E-state index in [1.807, 2.05) is 6.07 Å². The van der Waals surface area contributed by atoms with Gasteiger partial charge in [-0.3, -0.25) is 0 Å². The summed E-state index contributed by atoms with van der Waals surface area (Å²) in [7, 11) is -5.50. The lowest BCUT2D eigenvalue weighted by Gasteiger charge is -2.22. The predicted molar refractivity (Wildman–Crippen MR) is 120 cm³/mol. The molecule has 0 radical (unpaired) electrons. The summed E-state index contributed by atoms with van der Waals surface area (Å²) in [5.41, 5.74) is 1.67. The fourth-order valence-electron chi connectivity index (χ4n) is 4.62. The number of benzene rings is 1. The van der Waals surface area contributed by atoms with Crippen molar-refractivity contribution in [2.45, 2.75) is 55.9 Å². The van der Waals surface area contributed by atoms with Gasteiger partial charge in [0.05, 0.1) is 17.2 Å². The summed E-state index contributed by atoms with van der Waals surface area (Å²) >= 11 is 0. The number of sulfonamides is 2. The van der Waals surface area contributed by atoms with Gasteiger partial charge in [0.1, 0.15) is 0 Å². The highest BCUT2D eigenvalue weighted by Crippen LogP contribution is 2.32. The van der Waals surface area contributed by atoms with Gasteiger partial charge in [0.2, 0.25) is 25.9 Å². The molecule has 1 saturated carbocycles. The van der Waals surface area contributed by atoms with E-state index in [1.54, 1.807) is 12.1 Å². The van der Waals surface area contributed by atoms with Crippen molar-refractivity contribution in [2.75, 3.05) is 26.4 Å². The maximum atomic E-state index is 12.4. The summed E-state index contributed by atoms with van der Waals surface area (Å²) in [6, 6.07) is 4.90. The highest BCUT2D eigenvalue weighted by molar-refractivity contribution is 7.89. The molecule has 0 spiro atoms. The van der Waals surface area contributed by atoms with Crippen molar-refractivity contribution < 1.29 is 16.8 Å². The first-order valence-corrected chi connectivity index (χ1v) is 14.3. The van der Waals surface area contributed by atoms with Crippen molar-refractivity contribution in [1.82, 2.24) is 29.2 Å². The molecule has 1 saturated heterocycles. The van der Waals surface area contributed by atoms with Crippen LogP contribution in [0.5, 0.6) is 0 Å². The third-order valence-corrected chi connectivity index (χ3v) is 9.17. The van der Waals surface area contributed by atoms with E-state index >= 15 is 0 Å². The van der Waals surface area contributed by atoms with Gasteiger partial charge in [-0.2, -0.15) is 9.10 Å². The average molecular weight is 483 g/mol. The second-order valence-corrected chi connectivity index (χ2v) is 12.6. The molecule has 2 aromatic rings. The summed E-state index contributed by atoms with van der Waals surface area (Å²) in [4.78, 5) is 1.62. The summed E-state index contributed by atoms with van der Waals surface area (Å²) in [5.74, 6) is 0.921. The Kier molecular flexibility index (Phi) is 6.66. The minimum atomic E-state index is -3.62. The van der Waals surface area contributed by atoms with Crippen LogP contribution >= 0.6 is 0 Å². The second-order valence-electron chi connectivity index (χ2n) is 8.73. The van der Waals surface area contributed by atoms with Crippen LogP contribution in [0.1, 0.15) is 50.1 Å². The molecule has 2 heterocycles. The fourth-order valence-corrected chi connectivity index (χ4v) is 6.25. The molecule has 1 unspecified atom stereocenters. The molecule has 12 heteroatoms. The van der Waals surface area contributed by atoms with Crippen LogP contribution in [0.3, 0.4) is 0 Å². The number of rotatable bonds is 7. The normalized spacial score (nSPS) is 21.2. The average Bonchev–Trinajstić information content (AvgIpc) is 3.44. The Morgan fingerprint density at radius 2 is 1.84 bits per heavy atom. The van der Waals surface area contributed by atoms with E-state index in [0.29, 0.717) is 36.8 Å². The Balaban J connectivity index is 1.65. The quantitative estimate of drug-likeness (QED) is 0.635. The summed E-state index contributed by atoms with van der Waals surface area (Å²) < 4.78 is 52.2. The highest BCUT2D eigenvalue weighted by Gasteiger charge is 2.31. The molecular weight excluding hydrogens is 452 g/mol. The van der Waals surface area contributed by atoms with Gasteiger partial charge < -0.3 is 0 Å².